The molecule has 0 atom stereocenters. The third-order valence-electron chi connectivity index (χ3n) is 4.62. The first kappa shape index (κ1) is 20.3. The Morgan fingerprint density at radius 1 is 1.07 bits per heavy atom. The second-order valence-corrected chi connectivity index (χ2v) is 6.37. The number of para-hydroxylation sites is 1. The molecular weight excluding hydrogens is 370 g/mol. The zero-order valence-electron chi connectivity index (χ0n) is 17.1. The Morgan fingerprint density at radius 3 is 2.38 bits per heavy atom. The Hall–Kier alpha value is -3.41. The van der Waals surface area contributed by atoms with Gasteiger partial charge >= 0.3 is 0 Å². The van der Waals surface area contributed by atoms with Crippen LogP contribution in [0.2, 0.25) is 0 Å². The van der Waals surface area contributed by atoms with Gasteiger partial charge in [-0.2, -0.15) is 0 Å². The van der Waals surface area contributed by atoms with Gasteiger partial charge in [0.1, 0.15) is 11.3 Å². The first-order valence-corrected chi connectivity index (χ1v) is 9.36. The largest absolute Gasteiger partial charge is 0.493 e. The summed E-state index contributed by atoms with van der Waals surface area (Å²) in [5.41, 5.74) is 2.59. The van der Waals surface area contributed by atoms with Crippen LogP contribution in [-0.2, 0) is 17.8 Å². The van der Waals surface area contributed by atoms with E-state index in [9.17, 15) is 4.79 Å². The minimum atomic E-state index is -0.203. The molecule has 1 amide bonds. The molecule has 1 heterocycles. The molecule has 29 heavy (non-hydrogen) atoms. The lowest BCUT2D eigenvalue weighted by molar-refractivity contribution is -0.116. The Kier molecular flexibility index (Phi) is 6.44. The summed E-state index contributed by atoms with van der Waals surface area (Å²) in [6.45, 7) is 2.35. The zero-order chi connectivity index (χ0) is 20.8. The van der Waals surface area contributed by atoms with Crippen molar-refractivity contribution >= 4 is 23.0 Å². The van der Waals surface area contributed by atoms with Gasteiger partial charge in [0.25, 0.3) is 0 Å². The van der Waals surface area contributed by atoms with Crippen molar-refractivity contribution in [1.29, 1.82) is 0 Å². The molecule has 0 aliphatic carbocycles. The first-order valence-electron chi connectivity index (χ1n) is 9.36. The van der Waals surface area contributed by atoms with E-state index in [1.807, 2.05) is 43.3 Å². The van der Waals surface area contributed by atoms with E-state index in [1.165, 1.54) is 6.08 Å². The molecule has 0 radical (unpaired) electrons. The molecule has 1 N–H and O–H groups in total. The fourth-order valence-electron chi connectivity index (χ4n) is 3.21. The lowest BCUT2D eigenvalue weighted by Crippen LogP contribution is -2.20. The zero-order valence-corrected chi connectivity index (χ0v) is 17.1. The van der Waals surface area contributed by atoms with Gasteiger partial charge in [0, 0.05) is 30.0 Å². The molecule has 0 saturated carbocycles. The highest BCUT2D eigenvalue weighted by Crippen LogP contribution is 2.38. The third kappa shape index (κ3) is 4.37. The minimum absolute atomic E-state index is 0.203. The molecule has 0 bridgehead atoms. The highest BCUT2D eigenvalue weighted by molar-refractivity contribution is 5.96. The van der Waals surface area contributed by atoms with Gasteiger partial charge in [-0.3, -0.25) is 4.79 Å². The molecule has 3 rings (SSSR count). The molecule has 0 aliphatic rings. The van der Waals surface area contributed by atoms with Gasteiger partial charge in [0.15, 0.2) is 11.5 Å². The number of fused-ring (bicyclic) bond motifs is 1. The van der Waals surface area contributed by atoms with Crippen LogP contribution in [0.25, 0.3) is 17.0 Å². The Morgan fingerprint density at radius 2 is 1.76 bits per heavy atom. The Labute approximate surface area is 170 Å². The van der Waals surface area contributed by atoms with E-state index in [0.29, 0.717) is 23.8 Å². The number of furan rings is 1. The third-order valence-corrected chi connectivity index (χ3v) is 4.62. The van der Waals surface area contributed by atoms with Crippen molar-refractivity contribution in [3.05, 3.63) is 59.4 Å². The lowest BCUT2D eigenvalue weighted by Gasteiger charge is -2.14. The van der Waals surface area contributed by atoms with Crippen molar-refractivity contribution < 1.29 is 23.4 Å². The summed E-state index contributed by atoms with van der Waals surface area (Å²) < 4.78 is 21.9. The standard InChI is InChI=1S/C23H25NO5/c1-5-18-17(16-8-6-7-9-19(16)29-18)10-11-22(25)24-14-15-12-20(26-2)23(28-4)21(13-15)27-3/h6-13H,5,14H2,1-4H3,(H,24,25)/b11-10+. The van der Waals surface area contributed by atoms with Crippen molar-refractivity contribution in [2.45, 2.75) is 19.9 Å². The average Bonchev–Trinajstić information content (AvgIpc) is 3.12. The molecule has 0 spiro atoms. The van der Waals surface area contributed by atoms with E-state index in [-0.39, 0.29) is 5.91 Å². The van der Waals surface area contributed by atoms with E-state index in [4.69, 9.17) is 18.6 Å². The van der Waals surface area contributed by atoms with Crippen LogP contribution in [0.1, 0.15) is 23.8 Å². The molecule has 0 fully saturated rings. The SMILES string of the molecule is CCc1oc2ccccc2c1/C=C/C(=O)NCc1cc(OC)c(OC)c(OC)c1. The predicted molar refractivity (Wildman–Crippen MR) is 113 cm³/mol. The van der Waals surface area contributed by atoms with Gasteiger partial charge in [0.05, 0.1) is 21.3 Å². The normalized spacial score (nSPS) is 11.0. The Bertz CT molecular complexity index is 1010. The van der Waals surface area contributed by atoms with Crippen LogP contribution in [0.3, 0.4) is 0 Å². The molecule has 0 saturated heterocycles. The number of carbonyl (C=O) groups is 1. The van der Waals surface area contributed by atoms with Crippen molar-refractivity contribution in [1.82, 2.24) is 5.32 Å². The maximum absolute atomic E-state index is 12.4. The van der Waals surface area contributed by atoms with Crippen molar-refractivity contribution in [2.75, 3.05) is 21.3 Å². The summed E-state index contributed by atoms with van der Waals surface area (Å²) in [5, 5.41) is 3.88. The fourth-order valence-corrected chi connectivity index (χ4v) is 3.21. The number of hydrogen-bond acceptors (Lipinski definition) is 5. The van der Waals surface area contributed by atoms with E-state index in [0.717, 1.165) is 34.3 Å². The summed E-state index contributed by atoms with van der Waals surface area (Å²) in [5.74, 6) is 2.27. The summed E-state index contributed by atoms with van der Waals surface area (Å²) in [4.78, 5) is 12.4. The van der Waals surface area contributed by atoms with E-state index in [2.05, 4.69) is 5.32 Å². The maximum Gasteiger partial charge on any atom is 0.244 e. The van der Waals surface area contributed by atoms with Crippen LogP contribution < -0.4 is 19.5 Å². The van der Waals surface area contributed by atoms with Crippen LogP contribution in [0.4, 0.5) is 0 Å². The summed E-state index contributed by atoms with van der Waals surface area (Å²) in [7, 11) is 4.67. The van der Waals surface area contributed by atoms with Gasteiger partial charge < -0.3 is 23.9 Å². The minimum Gasteiger partial charge on any atom is -0.493 e. The van der Waals surface area contributed by atoms with Gasteiger partial charge in [-0.15, -0.1) is 0 Å². The van der Waals surface area contributed by atoms with Gasteiger partial charge in [-0.05, 0) is 29.8 Å². The summed E-state index contributed by atoms with van der Waals surface area (Å²) in [6, 6.07) is 11.4. The maximum atomic E-state index is 12.4. The van der Waals surface area contributed by atoms with Crippen LogP contribution in [-0.4, -0.2) is 27.2 Å². The van der Waals surface area contributed by atoms with Crippen LogP contribution in [0, 0.1) is 0 Å². The molecule has 152 valence electrons. The van der Waals surface area contributed by atoms with E-state index in [1.54, 1.807) is 27.4 Å². The van der Waals surface area contributed by atoms with Gasteiger partial charge in [-0.1, -0.05) is 25.1 Å². The van der Waals surface area contributed by atoms with Crippen molar-refractivity contribution in [2.24, 2.45) is 0 Å². The highest BCUT2D eigenvalue weighted by atomic mass is 16.5. The van der Waals surface area contributed by atoms with Crippen molar-refractivity contribution in [3.8, 4) is 17.2 Å². The molecule has 6 nitrogen and oxygen atoms in total. The topological polar surface area (TPSA) is 69.9 Å². The van der Waals surface area contributed by atoms with E-state index >= 15 is 0 Å². The monoisotopic (exact) mass is 395 g/mol. The number of ether oxygens (including phenoxy) is 3. The number of carbonyl (C=O) groups excluding carboxylic acids is 1. The number of aryl methyl sites for hydroxylation is 1. The molecule has 2 aromatic carbocycles. The number of nitrogens with one attached hydrogen (secondary N) is 1. The van der Waals surface area contributed by atoms with Gasteiger partial charge in [0.2, 0.25) is 11.7 Å². The quantitative estimate of drug-likeness (QED) is 0.574. The number of benzene rings is 2. The number of rotatable bonds is 8. The summed E-state index contributed by atoms with van der Waals surface area (Å²) >= 11 is 0. The molecule has 0 aliphatic heterocycles. The van der Waals surface area contributed by atoms with Crippen LogP contribution in [0.5, 0.6) is 17.2 Å². The average molecular weight is 395 g/mol. The van der Waals surface area contributed by atoms with Crippen LogP contribution in [0.15, 0.2) is 46.9 Å². The Balaban J connectivity index is 1.74. The molecule has 6 heteroatoms. The first-order chi connectivity index (χ1) is 14.1. The molecule has 0 unspecified atom stereocenters. The predicted octanol–water partition coefficient (Wildman–Crippen LogP) is 4.35. The number of methoxy groups -OCH3 is 3. The fraction of sp³-hybridized carbons (Fsp3) is 0.261. The second kappa shape index (κ2) is 9.19. The molecular formula is C23H25NO5. The summed E-state index contributed by atoms with van der Waals surface area (Å²) in [6.07, 6.45) is 4.07. The van der Waals surface area contributed by atoms with Crippen LogP contribution >= 0.6 is 0 Å². The highest BCUT2D eigenvalue weighted by Gasteiger charge is 2.14. The molecule has 3 aromatic rings. The molecule has 1 aromatic heterocycles. The smallest absolute Gasteiger partial charge is 0.244 e. The second-order valence-electron chi connectivity index (χ2n) is 6.37. The van der Waals surface area contributed by atoms with E-state index < -0.39 is 0 Å². The van der Waals surface area contributed by atoms with Crippen molar-refractivity contribution in [3.63, 3.8) is 0 Å². The number of hydrogen-bond donors (Lipinski definition) is 1. The van der Waals surface area contributed by atoms with Gasteiger partial charge in [-0.25, -0.2) is 0 Å². The lowest BCUT2D eigenvalue weighted by atomic mass is 10.1. The number of amides is 1.